The molecule has 0 aliphatic carbocycles. The van der Waals surface area contributed by atoms with E-state index in [2.05, 4.69) is 0 Å². The minimum atomic E-state index is 0.196. The van der Waals surface area contributed by atoms with Gasteiger partial charge >= 0.3 is 0 Å². The van der Waals surface area contributed by atoms with E-state index < -0.39 is 0 Å². The predicted octanol–water partition coefficient (Wildman–Crippen LogP) is 1.82. The van der Waals surface area contributed by atoms with Gasteiger partial charge in [-0.1, -0.05) is 23.7 Å². The smallest absolute Gasteiger partial charge is 0.188 e. The van der Waals surface area contributed by atoms with Crippen LogP contribution in [0, 0.1) is 0 Å². The van der Waals surface area contributed by atoms with Crippen LogP contribution in [0.3, 0.4) is 0 Å². The van der Waals surface area contributed by atoms with Crippen molar-refractivity contribution in [2.45, 2.75) is 6.42 Å². The van der Waals surface area contributed by atoms with Crippen LogP contribution >= 0.6 is 11.6 Å². The van der Waals surface area contributed by atoms with Crippen molar-refractivity contribution >= 4 is 11.6 Å². The Morgan fingerprint density at radius 3 is 2.86 bits per heavy atom. The highest BCUT2D eigenvalue weighted by molar-refractivity contribution is 6.32. The Bertz CT molecular complexity index is 291. The van der Waals surface area contributed by atoms with E-state index in [0.29, 0.717) is 17.3 Å². The van der Waals surface area contributed by atoms with Crippen molar-refractivity contribution in [2.75, 3.05) is 20.4 Å². The van der Waals surface area contributed by atoms with Crippen LogP contribution in [-0.4, -0.2) is 20.4 Å². The minimum Gasteiger partial charge on any atom is -0.466 e. The molecule has 0 saturated carbocycles. The van der Waals surface area contributed by atoms with Gasteiger partial charge < -0.3 is 15.2 Å². The van der Waals surface area contributed by atoms with Crippen molar-refractivity contribution in [1.29, 1.82) is 0 Å². The van der Waals surface area contributed by atoms with Crippen LogP contribution in [0.25, 0.3) is 0 Å². The normalized spacial score (nSPS) is 10.2. The van der Waals surface area contributed by atoms with Gasteiger partial charge in [0.05, 0.1) is 5.02 Å². The van der Waals surface area contributed by atoms with Crippen molar-refractivity contribution in [2.24, 2.45) is 5.73 Å². The van der Waals surface area contributed by atoms with Gasteiger partial charge in [0.25, 0.3) is 0 Å². The summed E-state index contributed by atoms with van der Waals surface area (Å²) in [6, 6.07) is 5.61. The molecule has 1 aromatic carbocycles. The molecule has 0 atom stereocenters. The number of methoxy groups -OCH3 is 1. The zero-order valence-electron chi connectivity index (χ0n) is 8.13. The van der Waals surface area contributed by atoms with Crippen LogP contribution in [-0.2, 0) is 11.2 Å². The van der Waals surface area contributed by atoms with Crippen LogP contribution in [0.5, 0.6) is 5.75 Å². The van der Waals surface area contributed by atoms with E-state index in [9.17, 15) is 0 Å². The Morgan fingerprint density at radius 1 is 1.43 bits per heavy atom. The molecule has 0 heterocycles. The standard InChI is InChI=1S/C10H14ClNO2/c1-13-7-14-10-8(5-6-12)3-2-4-9(10)11/h2-4H,5-7,12H2,1H3. The highest BCUT2D eigenvalue weighted by Crippen LogP contribution is 2.28. The lowest BCUT2D eigenvalue weighted by Gasteiger charge is -2.11. The van der Waals surface area contributed by atoms with Crippen LogP contribution in [0.15, 0.2) is 18.2 Å². The molecule has 0 aliphatic rings. The van der Waals surface area contributed by atoms with E-state index in [0.717, 1.165) is 12.0 Å². The maximum absolute atomic E-state index is 5.98. The van der Waals surface area contributed by atoms with Crippen LogP contribution in [0.4, 0.5) is 0 Å². The van der Waals surface area contributed by atoms with Gasteiger partial charge in [0.1, 0.15) is 5.75 Å². The summed E-state index contributed by atoms with van der Waals surface area (Å²) in [4.78, 5) is 0. The van der Waals surface area contributed by atoms with Crippen LogP contribution in [0.2, 0.25) is 5.02 Å². The summed E-state index contributed by atoms with van der Waals surface area (Å²) in [7, 11) is 1.57. The number of hydrogen-bond donors (Lipinski definition) is 1. The summed E-state index contributed by atoms with van der Waals surface area (Å²) in [6.45, 7) is 0.769. The molecule has 0 aromatic heterocycles. The Labute approximate surface area is 88.8 Å². The van der Waals surface area contributed by atoms with Crippen LogP contribution in [0.1, 0.15) is 5.56 Å². The summed E-state index contributed by atoms with van der Waals surface area (Å²) in [5.41, 5.74) is 6.49. The van der Waals surface area contributed by atoms with Gasteiger partial charge in [0, 0.05) is 7.11 Å². The fourth-order valence-corrected chi connectivity index (χ4v) is 1.43. The summed E-state index contributed by atoms with van der Waals surface area (Å²) in [5.74, 6) is 0.668. The van der Waals surface area contributed by atoms with E-state index in [4.69, 9.17) is 26.8 Å². The van der Waals surface area contributed by atoms with Crippen molar-refractivity contribution in [3.8, 4) is 5.75 Å². The second kappa shape index (κ2) is 5.86. The maximum atomic E-state index is 5.98. The van der Waals surface area contributed by atoms with Crippen molar-refractivity contribution in [3.05, 3.63) is 28.8 Å². The average Bonchev–Trinajstić information content (AvgIpc) is 2.18. The monoisotopic (exact) mass is 215 g/mol. The fourth-order valence-electron chi connectivity index (χ4n) is 1.19. The van der Waals surface area contributed by atoms with E-state index in [-0.39, 0.29) is 6.79 Å². The topological polar surface area (TPSA) is 44.5 Å². The Morgan fingerprint density at radius 2 is 2.21 bits per heavy atom. The molecule has 14 heavy (non-hydrogen) atoms. The highest BCUT2D eigenvalue weighted by Gasteiger charge is 2.07. The minimum absolute atomic E-state index is 0.196. The van der Waals surface area contributed by atoms with E-state index in [1.165, 1.54) is 0 Å². The zero-order valence-corrected chi connectivity index (χ0v) is 8.88. The van der Waals surface area contributed by atoms with Gasteiger partial charge in [-0.3, -0.25) is 0 Å². The molecule has 0 aliphatic heterocycles. The molecule has 2 N–H and O–H groups in total. The molecule has 0 amide bonds. The number of benzene rings is 1. The molecule has 3 nitrogen and oxygen atoms in total. The first kappa shape index (κ1) is 11.3. The van der Waals surface area contributed by atoms with Gasteiger partial charge in [-0.25, -0.2) is 0 Å². The summed E-state index contributed by atoms with van der Waals surface area (Å²) < 4.78 is 10.2. The maximum Gasteiger partial charge on any atom is 0.188 e. The fraction of sp³-hybridized carbons (Fsp3) is 0.400. The number of hydrogen-bond acceptors (Lipinski definition) is 3. The second-order valence-corrected chi connectivity index (χ2v) is 3.22. The highest BCUT2D eigenvalue weighted by atomic mass is 35.5. The van der Waals surface area contributed by atoms with Crippen LogP contribution < -0.4 is 10.5 Å². The van der Waals surface area contributed by atoms with Gasteiger partial charge in [0.15, 0.2) is 6.79 Å². The lowest BCUT2D eigenvalue weighted by atomic mass is 10.1. The first-order valence-electron chi connectivity index (χ1n) is 4.38. The van der Waals surface area contributed by atoms with Crippen molar-refractivity contribution < 1.29 is 9.47 Å². The quantitative estimate of drug-likeness (QED) is 0.763. The molecular formula is C10H14ClNO2. The Balaban J connectivity index is 2.84. The van der Waals surface area contributed by atoms with Gasteiger partial charge in [-0.15, -0.1) is 0 Å². The van der Waals surface area contributed by atoms with E-state index >= 15 is 0 Å². The van der Waals surface area contributed by atoms with Gasteiger partial charge in [-0.05, 0) is 24.6 Å². The number of halogens is 1. The number of para-hydroxylation sites is 1. The molecule has 0 spiro atoms. The molecule has 4 heteroatoms. The van der Waals surface area contributed by atoms with Crippen molar-refractivity contribution in [3.63, 3.8) is 0 Å². The number of rotatable bonds is 5. The molecule has 78 valence electrons. The first-order valence-corrected chi connectivity index (χ1v) is 4.76. The predicted molar refractivity (Wildman–Crippen MR) is 56.7 cm³/mol. The largest absolute Gasteiger partial charge is 0.466 e. The molecule has 0 bridgehead atoms. The summed E-state index contributed by atoms with van der Waals surface area (Å²) in [6.07, 6.45) is 0.750. The van der Waals surface area contributed by atoms with E-state index in [1.54, 1.807) is 13.2 Å². The molecule has 0 unspecified atom stereocenters. The lowest BCUT2D eigenvalue weighted by Crippen LogP contribution is -2.07. The Kier molecular flexibility index (Phi) is 4.73. The Hall–Kier alpha value is -0.770. The molecular weight excluding hydrogens is 202 g/mol. The zero-order chi connectivity index (χ0) is 10.4. The average molecular weight is 216 g/mol. The van der Waals surface area contributed by atoms with Crippen molar-refractivity contribution in [1.82, 2.24) is 0 Å². The molecule has 0 radical (unpaired) electrons. The van der Waals surface area contributed by atoms with Gasteiger partial charge in [0.2, 0.25) is 0 Å². The SMILES string of the molecule is COCOc1c(Cl)cccc1CCN. The second-order valence-electron chi connectivity index (χ2n) is 2.82. The molecule has 0 fully saturated rings. The molecule has 0 saturated heterocycles. The van der Waals surface area contributed by atoms with Gasteiger partial charge in [-0.2, -0.15) is 0 Å². The number of ether oxygens (including phenoxy) is 2. The lowest BCUT2D eigenvalue weighted by molar-refractivity contribution is 0.0505. The third-order valence-corrected chi connectivity index (χ3v) is 2.08. The van der Waals surface area contributed by atoms with E-state index in [1.807, 2.05) is 12.1 Å². The third-order valence-electron chi connectivity index (χ3n) is 1.78. The first-order chi connectivity index (χ1) is 6.79. The summed E-state index contributed by atoms with van der Waals surface area (Å²) >= 11 is 5.98. The summed E-state index contributed by atoms with van der Waals surface area (Å²) in [5, 5.41) is 0.591. The molecule has 1 aromatic rings. The molecule has 1 rings (SSSR count). The third kappa shape index (κ3) is 2.87. The number of nitrogens with two attached hydrogens (primary N) is 1.